The van der Waals surface area contributed by atoms with E-state index in [4.69, 9.17) is 23.8 Å². The Balaban J connectivity index is 2.28. The molecule has 17 heavy (non-hydrogen) atoms. The van der Waals surface area contributed by atoms with Gasteiger partial charge in [0.2, 0.25) is 0 Å². The van der Waals surface area contributed by atoms with Gasteiger partial charge in [-0.25, -0.2) is 0 Å². The SMILES string of the molecule is C[NH+](C)CCCNC(=S)Nc1ccccc1Cl. The van der Waals surface area contributed by atoms with E-state index in [-0.39, 0.29) is 0 Å². The van der Waals surface area contributed by atoms with Crippen molar-refractivity contribution in [3.8, 4) is 0 Å². The number of rotatable bonds is 5. The summed E-state index contributed by atoms with van der Waals surface area (Å²) in [5.74, 6) is 0. The molecule has 0 unspecified atom stereocenters. The summed E-state index contributed by atoms with van der Waals surface area (Å²) in [5, 5.41) is 7.53. The number of halogens is 1. The van der Waals surface area contributed by atoms with Crippen LogP contribution in [0.2, 0.25) is 5.02 Å². The predicted molar refractivity (Wildman–Crippen MR) is 78.0 cm³/mol. The molecule has 0 aromatic heterocycles. The Morgan fingerprint density at radius 3 is 2.71 bits per heavy atom. The minimum Gasteiger partial charge on any atom is -0.362 e. The van der Waals surface area contributed by atoms with Crippen molar-refractivity contribution in [2.75, 3.05) is 32.5 Å². The van der Waals surface area contributed by atoms with Gasteiger partial charge in [0.25, 0.3) is 0 Å². The first-order chi connectivity index (χ1) is 8.09. The number of anilines is 1. The largest absolute Gasteiger partial charge is 0.362 e. The zero-order chi connectivity index (χ0) is 12.7. The fraction of sp³-hybridized carbons (Fsp3) is 0.417. The fourth-order valence-electron chi connectivity index (χ4n) is 1.37. The van der Waals surface area contributed by atoms with Crippen LogP contribution in [-0.2, 0) is 0 Å². The molecule has 0 amide bonds. The van der Waals surface area contributed by atoms with E-state index in [9.17, 15) is 0 Å². The van der Waals surface area contributed by atoms with Crippen molar-refractivity contribution in [1.82, 2.24) is 5.32 Å². The van der Waals surface area contributed by atoms with E-state index in [1.165, 1.54) is 4.90 Å². The van der Waals surface area contributed by atoms with E-state index in [1.54, 1.807) is 0 Å². The van der Waals surface area contributed by atoms with Crippen LogP contribution in [0.5, 0.6) is 0 Å². The van der Waals surface area contributed by atoms with E-state index in [0.717, 1.165) is 25.2 Å². The molecule has 3 nitrogen and oxygen atoms in total. The maximum absolute atomic E-state index is 6.02. The lowest BCUT2D eigenvalue weighted by atomic mass is 10.3. The molecule has 3 N–H and O–H groups in total. The molecule has 1 aromatic rings. The molecule has 5 heteroatoms. The molecule has 0 aliphatic heterocycles. The van der Waals surface area contributed by atoms with Gasteiger partial charge in [-0.05, 0) is 24.4 Å². The highest BCUT2D eigenvalue weighted by Crippen LogP contribution is 2.19. The molecule has 1 aromatic carbocycles. The van der Waals surface area contributed by atoms with Crippen LogP contribution < -0.4 is 15.5 Å². The van der Waals surface area contributed by atoms with Gasteiger partial charge < -0.3 is 15.5 Å². The van der Waals surface area contributed by atoms with Crippen molar-refractivity contribution in [3.05, 3.63) is 29.3 Å². The maximum Gasteiger partial charge on any atom is 0.170 e. The number of benzene rings is 1. The molecule has 0 saturated carbocycles. The minimum atomic E-state index is 0.617. The molecule has 0 heterocycles. The topological polar surface area (TPSA) is 28.5 Å². The van der Waals surface area contributed by atoms with Gasteiger partial charge in [-0.1, -0.05) is 23.7 Å². The molecular weight excluding hydrogens is 254 g/mol. The molecule has 0 spiro atoms. The molecule has 0 fully saturated rings. The van der Waals surface area contributed by atoms with Gasteiger partial charge in [0, 0.05) is 13.0 Å². The molecule has 0 aliphatic carbocycles. The molecule has 1 rings (SSSR count). The first kappa shape index (κ1) is 14.2. The lowest BCUT2D eigenvalue weighted by molar-refractivity contribution is -0.858. The second-order valence-electron chi connectivity index (χ2n) is 4.17. The number of hydrogen-bond acceptors (Lipinski definition) is 1. The summed E-state index contributed by atoms with van der Waals surface area (Å²) in [6.07, 6.45) is 1.09. The Morgan fingerprint density at radius 1 is 1.35 bits per heavy atom. The zero-order valence-electron chi connectivity index (χ0n) is 10.2. The highest BCUT2D eigenvalue weighted by atomic mass is 35.5. The smallest absolute Gasteiger partial charge is 0.170 e. The number of para-hydroxylation sites is 1. The third kappa shape index (κ3) is 5.86. The van der Waals surface area contributed by atoms with E-state index >= 15 is 0 Å². The Hall–Kier alpha value is -0.840. The number of hydrogen-bond donors (Lipinski definition) is 3. The summed E-state index contributed by atoms with van der Waals surface area (Å²) in [6, 6.07) is 7.55. The van der Waals surface area contributed by atoms with Crippen LogP contribution >= 0.6 is 23.8 Å². The predicted octanol–water partition coefficient (Wildman–Crippen LogP) is 1.16. The van der Waals surface area contributed by atoms with Crippen LogP contribution in [0.3, 0.4) is 0 Å². The first-order valence-corrected chi connectivity index (χ1v) is 6.46. The van der Waals surface area contributed by atoms with Crippen LogP contribution in [0.1, 0.15) is 6.42 Å². The lowest BCUT2D eigenvalue weighted by Crippen LogP contribution is -3.05. The third-order valence-electron chi connectivity index (χ3n) is 2.26. The van der Waals surface area contributed by atoms with Gasteiger partial charge in [0.05, 0.1) is 31.4 Å². The molecular formula is C12H19ClN3S+. The summed E-state index contributed by atoms with van der Waals surface area (Å²) in [4.78, 5) is 1.44. The van der Waals surface area contributed by atoms with Gasteiger partial charge in [-0.2, -0.15) is 0 Å². The number of nitrogens with one attached hydrogen (secondary N) is 3. The number of quaternary nitrogens is 1. The van der Waals surface area contributed by atoms with Crippen molar-refractivity contribution in [1.29, 1.82) is 0 Å². The molecule has 0 atom stereocenters. The molecule has 94 valence electrons. The molecule has 0 saturated heterocycles. The Labute approximate surface area is 113 Å². The van der Waals surface area contributed by atoms with Crippen LogP contribution in [0.25, 0.3) is 0 Å². The van der Waals surface area contributed by atoms with Crippen molar-refractivity contribution >= 4 is 34.6 Å². The summed E-state index contributed by atoms with van der Waals surface area (Å²) < 4.78 is 0. The van der Waals surface area contributed by atoms with Crippen LogP contribution in [0.4, 0.5) is 5.69 Å². The monoisotopic (exact) mass is 272 g/mol. The van der Waals surface area contributed by atoms with Crippen LogP contribution in [-0.4, -0.2) is 32.3 Å². The second kappa shape index (κ2) is 7.48. The van der Waals surface area contributed by atoms with Crippen molar-refractivity contribution < 1.29 is 4.90 Å². The van der Waals surface area contributed by atoms with Crippen LogP contribution in [0.15, 0.2) is 24.3 Å². The molecule has 0 bridgehead atoms. The summed E-state index contributed by atoms with van der Waals surface area (Å²) in [7, 11) is 4.28. The van der Waals surface area contributed by atoms with Gasteiger partial charge in [-0.15, -0.1) is 0 Å². The van der Waals surface area contributed by atoms with Gasteiger partial charge in [0.15, 0.2) is 5.11 Å². The standard InChI is InChI=1S/C12H18ClN3S/c1-16(2)9-5-8-14-12(17)15-11-7-4-3-6-10(11)13/h3-4,6-7H,5,8-9H2,1-2H3,(H2,14,15,17)/p+1. The van der Waals surface area contributed by atoms with E-state index < -0.39 is 0 Å². The van der Waals surface area contributed by atoms with Crippen LogP contribution in [0, 0.1) is 0 Å². The van der Waals surface area contributed by atoms with Gasteiger partial charge in [-0.3, -0.25) is 0 Å². The summed E-state index contributed by atoms with van der Waals surface area (Å²) in [5.41, 5.74) is 0.838. The van der Waals surface area contributed by atoms with Crippen molar-refractivity contribution in [2.45, 2.75) is 6.42 Å². The van der Waals surface area contributed by atoms with E-state index in [1.807, 2.05) is 24.3 Å². The second-order valence-corrected chi connectivity index (χ2v) is 4.99. The Kier molecular flexibility index (Phi) is 6.26. The molecule has 0 aliphatic rings. The summed E-state index contributed by atoms with van der Waals surface area (Å²) in [6.45, 7) is 2.00. The maximum atomic E-state index is 6.02. The average Bonchev–Trinajstić information content (AvgIpc) is 2.27. The first-order valence-electron chi connectivity index (χ1n) is 5.68. The normalized spacial score (nSPS) is 10.4. The summed E-state index contributed by atoms with van der Waals surface area (Å²) >= 11 is 11.2. The van der Waals surface area contributed by atoms with Gasteiger partial charge in [0.1, 0.15) is 0 Å². The quantitative estimate of drug-likeness (QED) is 0.555. The lowest BCUT2D eigenvalue weighted by Gasteiger charge is -2.12. The average molecular weight is 273 g/mol. The Bertz CT molecular complexity index is 369. The molecule has 0 radical (unpaired) electrons. The van der Waals surface area contributed by atoms with Crippen molar-refractivity contribution in [3.63, 3.8) is 0 Å². The minimum absolute atomic E-state index is 0.617. The highest BCUT2D eigenvalue weighted by Gasteiger charge is 2.01. The number of thiocarbonyl (C=S) groups is 1. The zero-order valence-corrected chi connectivity index (χ0v) is 11.8. The van der Waals surface area contributed by atoms with E-state index in [0.29, 0.717) is 10.1 Å². The van der Waals surface area contributed by atoms with E-state index in [2.05, 4.69) is 24.7 Å². The van der Waals surface area contributed by atoms with Crippen molar-refractivity contribution in [2.24, 2.45) is 0 Å². The third-order valence-corrected chi connectivity index (χ3v) is 2.84. The van der Waals surface area contributed by atoms with Gasteiger partial charge >= 0.3 is 0 Å². The highest BCUT2D eigenvalue weighted by molar-refractivity contribution is 7.80. The fourth-order valence-corrected chi connectivity index (χ4v) is 1.77. The Morgan fingerprint density at radius 2 is 2.06 bits per heavy atom.